The fourth-order valence-electron chi connectivity index (χ4n) is 3.69. The van der Waals surface area contributed by atoms with Crippen LogP contribution in [0.4, 0.5) is 0 Å². The maximum absolute atomic E-state index is 11.7. The molecule has 0 bridgehead atoms. The van der Waals surface area contributed by atoms with E-state index < -0.39 is 0 Å². The van der Waals surface area contributed by atoms with Crippen LogP contribution in [0.3, 0.4) is 0 Å². The van der Waals surface area contributed by atoms with Crippen molar-refractivity contribution in [1.82, 2.24) is 30.0 Å². The molecule has 1 atom stereocenters. The summed E-state index contributed by atoms with van der Waals surface area (Å²) in [7, 11) is 0. The van der Waals surface area contributed by atoms with Crippen LogP contribution in [0.15, 0.2) is 36.7 Å². The lowest BCUT2D eigenvalue weighted by Crippen LogP contribution is -2.25. The molecule has 146 valence electrons. The van der Waals surface area contributed by atoms with Crippen LogP contribution in [-0.2, 0) is 17.9 Å². The summed E-state index contributed by atoms with van der Waals surface area (Å²) in [6, 6.07) is 7.83. The number of carbonyl (C=O) groups is 1. The minimum Gasteiger partial charge on any atom is -0.342 e. The van der Waals surface area contributed by atoms with Gasteiger partial charge in [-0.1, -0.05) is 23.7 Å². The van der Waals surface area contributed by atoms with Crippen molar-refractivity contribution in [2.24, 2.45) is 0 Å². The van der Waals surface area contributed by atoms with Crippen molar-refractivity contribution in [3.05, 3.63) is 52.9 Å². The summed E-state index contributed by atoms with van der Waals surface area (Å²) in [5.41, 5.74) is 3.73. The van der Waals surface area contributed by atoms with Crippen LogP contribution in [0.2, 0.25) is 5.02 Å². The summed E-state index contributed by atoms with van der Waals surface area (Å²) in [4.78, 5) is 22.5. The van der Waals surface area contributed by atoms with E-state index in [9.17, 15) is 4.79 Å². The molecule has 7 nitrogen and oxygen atoms in total. The lowest BCUT2D eigenvalue weighted by Gasteiger charge is -2.12. The van der Waals surface area contributed by atoms with Gasteiger partial charge in [0, 0.05) is 56.4 Å². The monoisotopic (exact) mass is 398 g/mol. The molecular weight excluding hydrogens is 376 g/mol. The van der Waals surface area contributed by atoms with Gasteiger partial charge >= 0.3 is 0 Å². The second-order valence-electron chi connectivity index (χ2n) is 7.09. The Morgan fingerprint density at radius 3 is 2.96 bits per heavy atom. The SMILES string of the molecule is CC(=O)N1CCC(c2nn(CCNCc3cccc(Cl)c3)c3nccnc23)C1. The first-order valence-corrected chi connectivity index (χ1v) is 9.87. The average molecular weight is 399 g/mol. The van der Waals surface area contributed by atoms with Crippen LogP contribution in [0.1, 0.15) is 30.5 Å². The Morgan fingerprint density at radius 1 is 1.32 bits per heavy atom. The molecule has 0 radical (unpaired) electrons. The van der Waals surface area contributed by atoms with Crippen molar-refractivity contribution in [3.63, 3.8) is 0 Å². The van der Waals surface area contributed by atoms with E-state index in [1.165, 1.54) is 0 Å². The molecule has 0 saturated carbocycles. The highest BCUT2D eigenvalue weighted by atomic mass is 35.5. The Kier molecular flexibility index (Phi) is 5.54. The number of carbonyl (C=O) groups excluding carboxylic acids is 1. The van der Waals surface area contributed by atoms with Gasteiger partial charge in [-0.25, -0.2) is 14.6 Å². The van der Waals surface area contributed by atoms with Gasteiger partial charge in [0.15, 0.2) is 5.65 Å². The molecule has 1 aliphatic rings. The van der Waals surface area contributed by atoms with Crippen molar-refractivity contribution in [2.75, 3.05) is 19.6 Å². The van der Waals surface area contributed by atoms with E-state index in [0.717, 1.165) is 53.5 Å². The normalized spacial score (nSPS) is 16.8. The van der Waals surface area contributed by atoms with Gasteiger partial charge in [-0.2, -0.15) is 5.10 Å². The van der Waals surface area contributed by atoms with E-state index in [0.29, 0.717) is 13.1 Å². The van der Waals surface area contributed by atoms with Gasteiger partial charge in [0.05, 0.1) is 12.2 Å². The minimum absolute atomic E-state index is 0.113. The van der Waals surface area contributed by atoms with Gasteiger partial charge in [-0.3, -0.25) is 4.79 Å². The van der Waals surface area contributed by atoms with Crippen LogP contribution < -0.4 is 5.32 Å². The van der Waals surface area contributed by atoms with E-state index in [2.05, 4.69) is 15.3 Å². The zero-order valence-corrected chi connectivity index (χ0v) is 16.6. The third-order valence-electron chi connectivity index (χ3n) is 5.13. The van der Waals surface area contributed by atoms with Gasteiger partial charge in [0.1, 0.15) is 5.52 Å². The van der Waals surface area contributed by atoms with Crippen LogP contribution in [0.25, 0.3) is 11.2 Å². The van der Waals surface area contributed by atoms with Gasteiger partial charge < -0.3 is 10.2 Å². The smallest absolute Gasteiger partial charge is 0.219 e. The largest absolute Gasteiger partial charge is 0.342 e. The van der Waals surface area contributed by atoms with Crippen LogP contribution in [0, 0.1) is 0 Å². The Balaban J connectivity index is 1.45. The highest BCUT2D eigenvalue weighted by molar-refractivity contribution is 6.30. The number of fused-ring (bicyclic) bond motifs is 1. The number of amides is 1. The number of likely N-dealkylation sites (tertiary alicyclic amines) is 1. The predicted molar refractivity (Wildman–Crippen MR) is 108 cm³/mol. The van der Waals surface area contributed by atoms with Crippen molar-refractivity contribution in [2.45, 2.75) is 32.4 Å². The maximum atomic E-state index is 11.7. The Labute approximate surface area is 168 Å². The molecule has 1 amide bonds. The number of benzene rings is 1. The molecule has 1 aromatic carbocycles. The molecule has 1 aliphatic heterocycles. The first kappa shape index (κ1) is 18.8. The number of rotatable bonds is 6. The standard InChI is InChI=1S/C20H23ClN6O/c1-14(28)26-9-5-16(13-26)18-19-20(24-7-6-23-19)27(25-18)10-8-22-12-15-3-2-4-17(21)11-15/h2-4,6-7,11,16,22H,5,8-10,12-13H2,1H3. The number of hydrogen-bond donors (Lipinski definition) is 1. The number of aromatic nitrogens is 4. The molecule has 3 aromatic rings. The lowest BCUT2D eigenvalue weighted by atomic mass is 10.0. The Morgan fingerprint density at radius 2 is 2.18 bits per heavy atom. The van der Waals surface area contributed by atoms with Crippen molar-refractivity contribution in [1.29, 1.82) is 0 Å². The predicted octanol–water partition coefficient (Wildman–Crippen LogP) is 2.61. The first-order chi connectivity index (χ1) is 13.6. The number of hydrogen-bond acceptors (Lipinski definition) is 5. The average Bonchev–Trinajstić information content (AvgIpc) is 3.31. The Bertz CT molecular complexity index is 988. The van der Waals surface area contributed by atoms with E-state index in [1.807, 2.05) is 33.8 Å². The van der Waals surface area contributed by atoms with Gasteiger partial charge in [0.2, 0.25) is 5.91 Å². The molecule has 4 rings (SSSR count). The molecule has 0 aliphatic carbocycles. The van der Waals surface area contributed by atoms with Crippen molar-refractivity contribution in [3.8, 4) is 0 Å². The lowest BCUT2D eigenvalue weighted by molar-refractivity contribution is -0.127. The number of nitrogens with zero attached hydrogens (tertiary/aromatic N) is 5. The van der Waals surface area contributed by atoms with Gasteiger partial charge in [0.25, 0.3) is 0 Å². The molecule has 1 N–H and O–H groups in total. The summed E-state index contributed by atoms with van der Waals surface area (Å²) >= 11 is 6.03. The fourth-order valence-corrected chi connectivity index (χ4v) is 3.90. The molecular formula is C20H23ClN6O. The summed E-state index contributed by atoms with van der Waals surface area (Å²) in [6.07, 6.45) is 4.31. The van der Waals surface area contributed by atoms with Crippen LogP contribution in [-0.4, -0.2) is 50.2 Å². The molecule has 3 heterocycles. The fraction of sp³-hybridized carbons (Fsp3) is 0.400. The molecule has 1 fully saturated rings. The second-order valence-corrected chi connectivity index (χ2v) is 7.53. The maximum Gasteiger partial charge on any atom is 0.219 e. The molecule has 28 heavy (non-hydrogen) atoms. The third-order valence-corrected chi connectivity index (χ3v) is 5.37. The Hall–Kier alpha value is -2.51. The van der Waals surface area contributed by atoms with Gasteiger partial charge in [-0.15, -0.1) is 0 Å². The summed E-state index contributed by atoms with van der Waals surface area (Å²) < 4.78 is 1.92. The van der Waals surface area contributed by atoms with Gasteiger partial charge in [-0.05, 0) is 24.1 Å². The van der Waals surface area contributed by atoms with Crippen molar-refractivity contribution < 1.29 is 4.79 Å². The second kappa shape index (κ2) is 8.24. The summed E-state index contributed by atoms with van der Waals surface area (Å²) in [5, 5.41) is 8.98. The summed E-state index contributed by atoms with van der Waals surface area (Å²) in [5.74, 6) is 0.325. The van der Waals surface area contributed by atoms with E-state index in [-0.39, 0.29) is 11.8 Å². The van der Waals surface area contributed by atoms with Crippen LogP contribution >= 0.6 is 11.6 Å². The van der Waals surface area contributed by atoms with E-state index in [4.69, 9.17) is 16.7 Å². The summed E-state index contributed by atoms with van der Waals surface area (Å²) in [6.45, 7) is 5.28. The molecule has 1 unspecified atom stereocenters. The quantitative estimate of drug-likeness (QED) is 0.646. The number of nitrogens with one attached hydrogen (secondary N) is 1. The highest BCUT2D eigenvalue weighted by Crippen LogP contribution is 2.30. The third kappa shape index (κ3) is 4.00. The molecule has 0 spiro atoms. The molecule has 8 heteroatoms. The zero-order valence-electron chi connectivity index (χ0n) is 15.8. The minimum atomic E-state index is 0.113. The molecule has 2 aromatic heterocycles. The first-order valence-electron chi connectivity index (χ1n) is 9.50. The van der Waals surface area contributed by atoms with E-state index in [1.54, 1.807) is 19.3 Å². The highest BCUT2D eigenvalue weighted by Gasteiger charge is 2.30. The van der Waals surface area contributed by atoms with Crippen LogP contribution in [0.5, 0.6) is 0 Å². The molecule has 1 saturated heterocycles. The van der Waals surface area contributed by atoms with E-state index >= 15 is 0 Å². The zero-order chi connectivity index (χ0) is 19.5. The van der Waals surface area contributed by atoms with Crippen molar-refractivity contribution >= 4 is 28.7 Å². The number of halogens is 1. The topological polar surface area (TPSA) is 75.9 Å².